The van der Waals surface area contributed by atoms with Crippen LogP contribution in [-0.2, 0) is 56.9 Å². The number of hydrogen-bond donors (Lipinski definition) is 5. The fourth-order valence-electron chi connectivity index (χ4n) is 10.5. The summed E-state index contributed by atoms with van der Waals surface area (Å²) in [6.07, 6.45) is -1.98. The Hall–Kier alpha value is -6.01. The van der Waals surface area contributed by atoms with Crippen LogP contribution in [-0.4, -0.2) is 158 Å². The monoisotopic (exact) mass is 1270 g/mol. The first-order chi connectivity index (χ1) is 41.7. The molecule has 10 rings (SSSR count). The number of imidazole rings is 2. The number of thioether (sulfide) groups is 2. The number of nitrogens with zero attached hydrogens (tertiary/aromatic N) is 8. The number of nitrogen functional groups attached to an aromatic ring is 1. The number of fused-ring (bicyclic) bond motifs is 3. The number of hydrogen-bond acceptors (Lipinski definition) is 25. The van der Waals surface area contributed by atoms with E-state index in [0.29, 0.717) is 22.5 Å². The lowest BCUT2D eigenvalue weighted by Gasteiger charge is -2.37. The van der Waals surface area contributed by atoms with Crippen molar-refractivity contribution in [3.8, 4) is 5.75 Å². The van der Waals surface area contributed by atoms with E-state index in [4.69, 9.17) is 57.7 Å². The van der Waals surface area contributed by atoms with Gasteiger partial charge in [-0.2, -0.15) is 0 Å². The standard InChI is InChI=1S/C34H35N5O6.C26H42N5O9PS2/c1-21(40)27-28-33(2,45-32(42-4)44-28)31(43-27)39-20-37-26-29(35-19-36-30(26)39)38-34(22-11-7-5-8-12-22,23-13-9-6-10-14-23)24-15-17-25(41-3)18-16-24;1-15(17-18(32)26(8,35)21(39-17)31-14-30-16-19(27)28-13-29-20(16)31)40-41(36,37-9-11-42-22(33)24(2,3)4)38-10-12-43-23(34)25(5,6)7/h5-21,27-28,31-32,40H,1-4H3,(H,35,36,38);13-15,17-18,21,32,35H,9-12H2,1-8H3,(H2,27,28,29)/t21?,27-,28-,31-,32?,33-;15?,17-,18-,21-,26-/m11/s1. The van der Waals surface area contributed by atoms with Crippen LogP contribution in [0, 0.1) is 10.8 Å². The molecule has 3 unspecified atom stereocenters. The number of aliphatic hydroxyl groups is 3. The van der Waals surface area contributed by atoms with Crippen molar-refractivity contribution in [3.63, 3.8) is 0 Å². The lowest BCUT2D eigenvalue weighted by atomic mass is 9.77. The van der Waals surface area contributed by atoms with Crippen molar-refractivity contribution in [2.24, 2.45) is 10.8 Å². The molecule has 3 aromatic carbocycles. The zero-order valence-corrected chi connectivity index (χ0v) is 53.6. The number of nitrogens with two attached hydrogens (primary N) is 1. The first-order valence-corrected chi connectivity index (χ1v) is 31.9. The maximum atomic E-state index is 13.8. The van der Waals surface area contributed by atoms with Gasteiger partial charge in [0.1, 0.15) is 65.1 Å². The number of phosphoric acid groups is 1. The van der Waals surface area contributed by atoms with Crippen LogP contribution in [0.1, 0.15) is 98.4 Å². The quantitative estimate of drug-likeness (QED) is 0.0257. The van der Waals surface area contributed by atoms with Gasteiger partial charge in [0.25, 0.3) is 6.48 Å². The highest BCUT2D eigenvalue weighted by Crippen LogP contribution is 2.54. The molecule has 0 bridgehead atoms. The molecule has 7 heterocycles. The molecule has 0 aliphatic carbocycles. The molecule has 25 nitrogen and oxygen atoms in total. The smallest absolute Gasteiger partial charge is 0.475 e. The van der Waals surface area contributed by atoms with Gasteiger partial charge in [-0.05, 0) is 56.5 Å². The number of carbonyl (C=O) groups excluding carboxylic acids is 2. The van der Waals surface area contributed by atoms with Crippen LogP contribution in [0.5, 0.6) is 5.75 Å². The van der Waals surface area contributed by atoms with Crippen molar-refractivity contribution in [2.45, 2.75) is 142 Å². The van der Waals surface area contributed by atoms with Crippen LogP contribution >= 0.6 is 31.3 Å². The van der Waals surface area contributed by atoms with Gasteiger partial charge >= 0.3 is 7.82 Å². The number of nitrogens with one attached hydrogen (secondary N) is 1. The lowest BCUT2D eigenvalue weighted by Crippen LogP contribution is -2.46. The number of phosphoric ester groups is 1. The van der Waals surface area contributed by atoms with Gasteiger partial charge in [-0.1, -0.05) is 138 Å². The molecule has 0 spiro atoms. The predicted octanol–water partition coefficient (Wildman–Crippen LogP) is 8.20. The summed E-state index contributed by atoms with van der Waals surface area (Å²) in [6.45, 7) is 16.0. The molecular formula is C60H77N10O15PS2. The number of rotatable bonds is 21. The van der Waals surface area contributed by atoms with Gasteiger partial charge in [0.05, 0.1) is 45.2 Å². The molecule has 11 atom stereocenters. The second kappa shape index (κ2) is 26.8. The van der Waals surface area contributed by atoms with E-state index in [1.165, 1.54) is 44.5 Å². The number of aliphatic hydroxyl groups excluding tert-OH is 2. The molecule has 0 amide bonds. The number of aromatic nitrogens is 8. The van der Waals surface area contributed by atoms with Crippen LogP contribution in [0.4, 0.5) is 11.6 Å². The van der Waals surface area contributed by atoms with E-state index in [0.717, 1.165) is 46.0 Å². The van der Waals surface area contributed by atoms with Gasteiger partial charge in [-0.15, -0.1) is 0 Å². The van der Waals surface area contributed by atoms with Crippen molar-refractivity contribution in [1.29, 1.82) is 0 Å². The molecule has 7 aromatic rings. The largest absolute Gasteiger partial charge is 0.497 e. The molecule has 88 heavy (non-hydrogen) atoms. The molecule has 3 aliphatic heterocycles. The van der Waals surface area contributed by atoms with E-state index in [2.05, 4.69) is 61.7 Å². The molecule has 474 valence electrons. The third-order valence-electron chi connectivity index (χ3n) is 15.2. The van der Waals surface area contributed by atoms with Crippen LogP contribution in [0.2, 0.25) is 0 Å². The molecule has 3 aliphatic rings. The van der Waals surface area contributed by atoms with Gasteiger partial charge in [0.15, 0.2) is 51.1 Å². The van der Waals surface area contributed by atoms with Crippen molar-refractivity contribution in [1.82, 2.24) is 39.0 Å². The van der Waals surface area contributed by atoms with Crippen molar-refractivity contribution in [3.05, 3.63) is 127 Å². The van der Waals surface area contributed by atoms with E-state index < -0.39 is 90.9 Å². The normalized spacial score (nSPS) is 24.6. The van der Waals surface area contributed by atoms with Crippen molar-refractivity contribution < 1.29 is 71.5 Å². The minimum Gasteiger partial charge on any atom is -0.497 e. The van der Waals surface area contributed by atoms with Crippen LogP contribution in [0.15, 0.2) is 110 Å². The summed E-state index contributed by atoms with van der Waals surface area (Å²) < 4.78 is 69.3. The maximum Gasteiger partial charge on any atom is 0.475 e. The third kappa shape index (κ3) is 13.7. The summed E-state index contributed by atoms with van der Waals surface area (Å²) in [5.74, 6) is 1.79. The Labute approximate surface area is 518 Å². The summed E-state index contributed by atoms with van der Waals surface area (Å²) in [7, 11) is -1.14. The zero-order valence-electron chi connectivity index (χ0n) is 51.1. The molecule has 3 fully saturated rings. The Morgan fingerprint density at radius 3 is 1.77 bits per heavy atom. The molecule has 3 saturated heterocycles. The van der Waals surface area contributed by atoms with Gasteiger partial charge in [-0.25, -0.2) is 34.5 Å². The first-order valence-electron chi connectivity index (χ1n) is 28.5. The average molecular weight is 1270 g/mol. The second-order valence-electron chi connectivity index (χ2n) is 23.9. The number of anilines is 2. The Bertz CT molecular complexity index is 3500. The highest BCUT2D eigenvalue weighted by molar-refractivity contribution is 8.14. The minimum atomic E-state index is -4.30. The van der Waals surface area contributed by atoms with Crippen molar-refractivity contribution in [2.75, 3.05) is 50.0 Å². The summed E-state index contributed by atoms with van der Waals surface area (Å²) in [5.41, 5.74) is 5.67. The zero-order chi connectivity index (χ0) is 63.6. The summed E-state index contributed by atoms with van der Waals surface area (Å²) in [6, 6.07) is 28.4. The Morgan fingerprint density at radius 2 is 1.24 bits per heavy atom. The lowest BCUT2D eigenvalue weighted by molar-refractivity contribution is -0.271. The SMILES string of the molecule is CC(OP(=O)(OCCSC(=O)C(C)(C)C)OCCSC(=O)C(C)(C)C)[C@H]1O[C@@H](n2cnc3c(N)ncnc32)[C@](C)(O)[C@@H]1O.COc1ccc(C(Nc2ncnc3c2ncn3[C@@H]2O[C@H](C(C)O)[C@H]3OC(OC)O[C@]32C)(c2ccccc2)c2ccccc2)cc1. The molecular weight excluding hydrogens is 1200 g/mol. The summed E-state index contributed by atoms with van der Waals surface area (Å²) in [5, 5.41) is 36.6. The summed E-state index contributed by atoms with van der Waals surface area (Å²) in [4.78, 5) is 51.0. The van der Waals surface area contributed by atoms with E-state index in [1.54, 1.807) is 66.5 Å². The Balaban J connectivity index is 0.000000210. The number of ether oxygens (including phenoxy) is 6. The predicted molar refractivity (Wildman–Crippen MR) is 330 cm³/mol. The third-order valence-corrected chi connectivity index (χ3v) is 19.3. The molecule has 4 aromatic heterocycles. The summed E-state index contributed by atoms with van der Waals surface area (Å²) >= 11 is 2.07. The number of methoxy groups -OCH3 is 2. The fraction of sp³-hybridized carbons (Fsp3) is 0.500. The van der Waals surface area contributed by atoms with E-state index >= 15 is 0 Å². The average Bonchev–Trinajstić information content (AvgIpc) is 2.57. The molecule has 6 N–H and O–H groups in total. The second-order valence-corrected chi connectivity index (χ2v) is 27.6. The maximum absolute atomic E-state index is 13.8. The molecule has 0 radical (unpaired) electrons. The molecule has 0 saturated carbocycles. The molecule has 28 heteroatoms. The fourth-order valence-corrected chi connectivity index (χ4v) is 13.7. The first kappa shape index (κ1) is 66.4. The highest BCUT2D eigenvalue weighted by atomic mass is 32.2. The van der Waals surface area contributed by atoms with Gasteiger partial charge < -0.3 is 54.8 Å². The van der Waals surface area contributed by atoms with Gasteiger partial charge in [-0.3, -0.25) is 32.3 Å². The van der Waals surface area contributed by atoms with Gasteiger partial charge in [0, 0.05) is 29.4 Å². The highest BCUT2D eigenvalue weighted by Gasteiger charge is 2.64. The van der Waals surface area contributed by atoms with Crippen LogP contribution < -0.4 is 15.8 Å². The Kier molecular flexibility index (Phi) is 20.2. The van der Waals surface area contributed by atoms with E-state index in [9.17, 15) is 29.5 Å². The van der Waals surface area contributed by atoms with E-state index in [-0.39, 0.29) is 46.4 Å². The number of benzene rings is 3. The van der Waals surface area contributed by atoms with Crippen molar-refractivity contribution >= 4 is 75.5 Å². The Morgan fingerprint density at radius 1 is 0.727 bits per heavy atom. The topological polar surface area (TPSA) is 320 Å². The van der Waals surface area contributed by atoms with Gasteiger partial charge in [0.2, 0.25) is 0 Å². The number of carbonyl (C=O) groups is 2. The van der Waals surface area contributed by atoms with Crippen LogP contribution in [0.25, 0.3) is 22.3 Å². The van der Waals surface area contributed by atoms with Crippen LogP contribution in [0.3, 0.4) is 0 Å². The minimum absolute atomic E-state index is 0.0620. The van der Waals surface area contributed by atoms with E-state index in [1.807, 2.05) is 55.5 Å².